The van der Waals surface area contributed by atoms with E-state index in [1.807, 2.05) is 6.07 Å². The molecule has 1 rings (SSSR count). The Bertz CT molecular complexity index is 299. The number of hydrogen-bond donors (Lipinski definition) is 2. The molecular formula is C17H29NO. The van der Waals surface area contributed by atoms with E-state index in [2.05, 4.69) is 36.5 Å². The predicted molar refractivity (Wildman–Crippen MR) is 82.4 cm³/mol. The van der Waals surface area contributed by atoms with Crippen molar-refractivity contribution in [3.8, 4) is 0 Å². The second-order valence-corrected chi connectivity index (χ2v) is 5.29. The highest BCUT2D eigenvalue weighted by Gasteiger charge is 2.06. The van der Waals surface area contributed by atoms with Gasteiger partial charge in [-0.05, 0) is 24.9 Å². The summed E-state index contributed by atoms with van der Waals surface area (Å²) in [7, 11) is 0. The van der Waals surface area contributed by atoms with Crippen molar-refractivity contribution < 1.29 is 5.11 Å². The Kier molecular flexibility index (Phi) is 9.38. The fourth-order valence-corrected chi connectivity index (χ4v) is 2.31. The fourth-order valence-electron chi connectivity index (χ4n) is 2.31. The van der Waals surface area contributed by atoms with Gasteiger partial charge >= 0.3 is 0 Å². The zero-order chi connectivity index (χ0) is 13.8. The van der Waals surface area contributed by atoms with Gasteiger partial charge in [0, 0.05) is 6.04 Å². The topological polar surface area (TPSA) is 32.3 Å². The zero-order valence-corrected chi connectivity index (χ0v) is 12.3. The molecule has 0 heterocycles. The predicted octanol–water partition coefficient (Wildman–Crippen LogP) is 3.54. The highest BCUT2D eigenvalue weighted by Crippen LogP contribution is 2.05. The molecule has 19 heavy (non-hydrogen) atoms. The van der Waals surface area contributed by atoms with Crippen molar-refractivity contribution in [2.24, 2.45) is 0 Å². The number of nitrogens with one attached hydrogen (secondary N) is 1. The molecule has 0 aromatic heterocycles. The summed E-state index contributed by atoms with van der Waals surface area (Å²) in [5.74, 6) is 0. The first-order valence-electron chi connectivity index (χ1n) is 7.75. The lowest BCUT2D eigenvalue weighted by Crippen LogP contribution is -2.35. The van der Waals surface area contributed by atoms with E-state index in [9.17, 15) is 5.11 Å². The third-order valence-electron chi connectivity index (χ3n) is 3.51. The van der Waals surface area contributed by atoms with E-state index in [0.29, 0.717) is 0 Å². The van der Waals surface area contributed by atoms with Gasteiger partial charge in [0.1, 0.15) is 0 Å². The molecule has 1 aromatic carbocycles. The molecule has 108 valence electrons. The number of rotatable bonds is 11. The quantitative estimate of drug-likeness (QED) is 0.599. The third-order valence-corrected chi connectivity index (χ3v) is 3.51. The molecule has 0 spiro atoms. The second kappa shape index (κ2) is 11.0. The Morgan fingerprint density at radius 2 is 1.68 bits per heavy atom. The number of hydrogen-bond acceptors (Lipinski definition) is 2. The zero-order valence-electron chi connectivity index (χ0n) is 12.3. The normalized spacial score (nSPS) is 12.5. The average Bonchev–Trinajstić information content (AvgIpc) is 2.46. The molecular weight excluding hydrogens is 234 g/mol. The standard InChI is InChI=1S/C17H29NO/c1-2-3-4-5-6-10-13-18-17(15-19)14-16-11-8-7-9-12-16/h7-9,11-12,17-19H,2-6,10,13-15H2,1H3. The van der Waals surface area contributed by atoms with Gasteiger partial charge in [0.15, 0.2) is 0 Å². The van der Waals surface area contributed by atoms with E-state index in [0.717, 1.165) is 13.0 Å². The van der Waals surface area contributed by atoms with Gasteiger partial charge in [0.25, 0.3) is 0 Å². The SMILES string of the molecule is CCCCCCCCNC(CO)Cc1ccccc1. The van der Waals surface area contributed by atoms with Crippen LogP contribution in [-0.4, -0.2) is 24.3 Å². The maximum Gasteiger partial charge on any atom is 0.0587 e. The summed E-state index contributed by atoms with van der Waals surface area (Å²) in [6.45, 7) is 3.48. The van der Waals surface area contributed by atoms with Crippen LogP contribution in [0.5, 0.6) is 0 Å². The minimum absolute atomic E-state index is 0.193. The number of aliphatic hydroxyl groups excluding tert-OH is 1. The first kappa shape index (κ1) is 16.2. The Labute approximate surface area is 118 Å². The molecule has 0 aliphatic carbocycles. The molecule has 2 heteroatoms. The third kappa shape index (κ3) is 8.02. The van der Waals surface area contributed by atoms with E-state index >= 15 is 0 Å². The summed E-state index contributed by atoms with van der Waals surface area (Å²) in [6.07, 6.45) is 8.81. The molecule has 2 nitrogen and oxygen atoms in total. The lowest BCUT2D eigenvalue weighted by Gasteiger charge is -2.16. The first-order valence-corrected chi connectivity index (χ1v) is 7.75. The molecule has 0 amide bonds. The first-order chi connectivity index (χ1) is 9.36. The second-order valence-electron chi connectivity index (χ2n) is 5.29. The van der Waals surface area contributed by atoms with Crippen LogP contribution in [0.15, 0.2) is 30.3 Å². The van der Waals surface area contributed by atoms with Gasteiger partial charge in [-0.1, -0.05) is 69.4 Å². The van der Waals surface area contributed by atoms with Crippen LogP contribution in [0.25, 0.3) is 0 Å². The van der Waals surface area contributed by atoms with E-state index in [4.69, 9.17) is 0 Å². The molecule has 0 radical (unpaired) electrons. The van der Waals surface area contributed by atoms with Crippen molar-refractivity contribution in [3.63, 3.8) is 0 Å². The summed E-state index contributed by atoms with van der Waals surface area (Å²) in [4.78, 5) is 0. The van der Waals surface area contributed by atoms with Crippen molar-refractivity contribution >= 4 is 0 Å². The Morgan fingerprint density at radius 1 is 1.00 bits per heavy atom. The van der Waals surface area contributed by atoms with Crippen LogP contribution in [0.4, 0.5) is 0 Å². The van der Waals surface area contributed by atoms with Crippen LogP contribution < -0.4 is 5.32 Å². The highest BCUT2D eigenvalue weighted by atomic mass is 16.3. The molecule has 0 bridgehead atoms. The number of benzene rings is 1. The van der Waals surface area contributed by atoms with E-state index < -0.39 is 0 Å². The van der Waals surface area contributed by atoms with Gasteiger partial charge in [0.05, 0.1) is 6.61 Å². The van der Waals surface area contributed by atoms with Crippen LogP contribution in [0.2, 0.25) is 0 Å². The summed E-state index contributed by atoms with van der Waals surface area (Å²) in [6, 6.07) is 10.6. The van der Waals surface area contributed by atoms with Crippen molar-refractivity contribution in [1.29, 1.82) is 0 Å². The van der Waals surface area contributed by atoms with E-state index in [1.165, 1.54) is 44.1 Å². The molecule has 1 aromatic rings. The maximum atomic E-state index is 9.40. The van der Waals surface area contributed by atoms with Crippen LogP contribution in [0.1, 0.15) is 51.0 Å². The average molecular weight is 263 g/mol. The molecule has 0 aliphatic rings. The van der Waals surface area contributed by atoms with Crippen molar-refractivity contribution in [2.75, 3.05) is 13.2 Å². The highest BCUT2D eigenvalue weighted by molar-refractivity contribution is 5.15. The lowest BCUT2D eigenvalue weighted by molar-refractivity contribution is 0.241. The van der Waals surface area contributed by atoms with Gasteiger partial charge < -0.3 is 10.4 Å². The van der Waals surface area contributed by atoms with Gasteiger partial charge in [-0.15, -0.1) is 0 Å². The minimum atomic E-state index is 0.193. The van der Waals surface area contributed by atoms with Crippen LogP contribution in [0.3, 0.4) is 0 Å². The largest absolute Gasteiger partial charge is 0.395 e. The summed E-state index contributed by atoms with van der Waals surface area (Å²) in [5, 5.41) is 12.9. The molecule has 1 unspecified atom stereocenters. The van der Waals surface area contributed by atoms with Crippen molar-refractivity contribution in [1.82, 2.24) is 5.32 Å². The van der Waals surface area contributed by atoms with Crippen molar-refractivity contribution in [2.45, 2.75) is 57.9 Å². The molecule has 0 saturated carbocycles. The Hall–Kier alpha value is -0.860. The Morgan fingerprint density at radius 3 is 2.37 bits per heavy atom. The fraction of sp³-hybridized carbons (Fsp3) is 0.647. The van der Waals surface area contributed by atoms with Crippen molar-refractivity contribution in [3.05, 3.63) is 35.9 Å². The number of unbranched alkanes of at least 4 members (excludes halogenated alkanes) is 5. The summed E-state index contributed by atoms with van der Waals surface area (Å²) >= 11 is 0. The van der Waals surface area contributed by atoms with E-state index in [-0.39, 0.29) is 12.6 Å². The molecule has 0 aliphatic heterocycles. The van der Waals surface area contributed by atoms with Gasteiger partial charge in [-0.25, -0.2) is 0 Å². The molecule has 0 saturated heterocycles. The van der Waals surface area contributed by atoms with Crippen LogP contribution in [0, 0.1) is 0 Å². The monoisotopic (exact) mass is 263 g/mol. The Balaban J connectivity index is 2.09. The molecule has 0 fully saturated rings. The van der Waals surface area contributed by atoms with Crippen LogP contribution in [-0.2, 0) is 6.42 Å². The maximum absolute atomic E-state index is 9.40. The minimum Gasteiger partial charge on any atom is -0.395 e. The molecule has 1 atom stereocenters. The number of aliphatic hydroxyl groups is 1. The summed E-state index contributed by atoms with van der Waals surface area (Å²) in [5.41, 5.74) is 1.29. The van der Waals surface area contributed by atoms with Crippen LogP contribution >= 0.6 is 0 Å². The smallest absolute Gasteiger partial charge is 0.0587 e. The molecule has 2 N–H and O–H groups in total. The van der Waals surface area contributed by atoms with Gasteiger partial charge in [-0.2, -0.15) is 0 Å². The van der Waals surface area contributed by atoms with Gasteiger partial charge in [-0.3, -0.25) is 0 Å². The van der Waals surface area contributed by atoms with E-state index in [1.54, 1.807) is 0 Å². The lowest BCUT2D eigenvalue weighted by atomic mass is 10.1. The summed E-state index contributed by atoms with van der Waals surface area (Å²) < 4.78 is 0. The van der Waals surface area contributed by atoms with Gasteiger partial charge in [0.2, 0.25) is 0 Å².